The average Bonchev–Trinajstić information content (AvgIpc) is 3.11. The van der Waals surface area contributed by atoms with Gasteiger partial charge in [-0.2, -0.15) is 5.10 Å². The SMILES string of the molecule is Cc1ccc(-n2ncc3c(NNC(=O)c4ccccc4C)ncnc32)c(C)c1. The van der Waals surface area contributed by atoms with E-state index >= 15 is 0 Å². The van der Waals surface area contributed by atoms with Crippen molar-refractivity contribution in [3.63, 3.8) is 0 Å². The van der Waals surface area contributed by atoms with E-state index < -0.39 is 0 Å². The molecule has 0 spiro atoms. The lowest BCUT2D eigenvalue weighted by molar-refractivity contribution is 0.0962. The molecule has 0 bridgehead atoms. The highest BCUT2D eigenvalue weighted by Crippen LogP contribution is 2.23. The molecule has 28 heavy (non-hydrogen) atoms. The molecule has 2 N–H and O–H groups in total. The number of nitrogens with zero attached hydrogens (tertiary/aromatic N) is 4. The first-order valence-corrected chi connectivity index (χ1v) is 8.93. The number of anilines is 1. The fraction of sp³-hybridized carbons (Fsp3) is 0.143. The number of hydrogen-bond donors (Lipinski definition) is 2. The number of rotatable bonds is 4. The lowest BCUT2D eigenvalue weighted by atomic mass is 10.1. The van der Waals surface area contributed by atoms with Gasteiger partial charge in [0.1, 0.15) is 6.33 Å². The minimum absolute atomic E-state index is 0.230. The maximum Gasteiger partial charge on any atom is 0.269 e. The second-order valence-corrected chi connectivity index (χ2v) is 6.70. The van der Waals surface area contributed by atoms with Gasteiger partial charge in [0.25, 0.3) is 5.91 Å². The van der Waals surface area contributed by atoms with Crippen molar-refractivity contribution in [1.82, 2.24) is 25.2 Å². The fourth-order valence-electron chi connectivity index (χ4n) is 3.17. The average molecular weight is 372 g/mol. The number of hydrogen-bond acceptors (Lipinski definition) is 5. The van der Waals surface area contributed by atoms with Crippen molar-refractivity contribution in [2.24, 2.45) is 0 Å². The van der Waals surface area contributed by atoms with E-state index in [2.05, 4.69) is 38.9 Å². The van der Waals surface area contributed by atoms with Crippen LogP contribution in [-0.2, 0) is 0 Å². The molecule has 0 saturated heterocycles. The maximum absolute atomic E-state index is 12.4. The number of aryl methyl sites for hydroxylation is 3. The lowest BCUT2D eigenvalue weighted by Gasteiger charge is -2.10. The van der Waals surface area contributed by atoms with Crippen LogP contribution in [0.3, 0.4) is 0 Å². The summed E-state index contributed by atoms with van der Waals surface area (Å²) in [7, 11) is 0. The van der Waals surface area contributed by atoms with Gasteiger partial charge < -0.3 is 0 Å². The van der Waals surface area contributed by atoms with Gasteiger partial charge in [-0.25, -0.2) is 14.6 Å². The van der Waals surface area contributed by atoms with E-state index in [4.69, 9.17) is 0 Å². The van der Waals surface area contributed by atoms with Gasteiger partial charge in [0.2, 0.25) is 0 Å². The largest absolute Gasteiger partial charge is 0.281 e. The Morgan fingerprint density at radius 2 is 1.82 bits per heavy atom. The van der Waals surface area contributed by atoms with Crippen LogP contribution in [0.15, 0.2) is 55.0 Å². The van der Waals surface area contributed by atoms with Crippen LogP contribution in [-0.4, -0.2) is 25.7 Å². The predicted octanol–water partition coefficient (Wildman–Crippen LogP) is 3.50. The Hall–Kier alpha value is -3.74. The van der Waals surface area contributed by atoms with Crippen LogP contribution >= 0.6 is 0 Å². The molecule has 0 aliphatic rings. The van der Waals surface area contributed by atoms with Crippen molar-refractivity contribution < 1.29 is 4.79 Å². The molecule has 0 saturated carbocycles. The third-order valence-electron chi connectivity index (χ3n) is 4.63. The summed E-state index contributed by atoms with van der Waals surface area (Å²) in [5, 5.41) is 5.19. The van der Waals surface area contributed by atoms with Crippen molar-refractivity contribution in [2.45, 2.75) is 20.8 Å². The first-order valence-electron chi connectivity index (χ1n) is 8.93. The summed E-state index contributed by atoms with van der Waals surface area (Å²) in [5.74, 6) is 0.259. The molecule has 0 aliphatic carbocycles. The molecule has 2 heterocycles. The van der Waals surface area contributed by atoms with E-state index in [0.29, 0.717) is 22.4 Å². The zero-order chi connectivity index (χ0) is 19.7. The Kier molecular flexibility index (Phi) is 4.49. The fourth-order valence-corrected chi connectivity index (χ4v) is 3.17. The van der Waals surface area contributed by atoms with Gasteiger partial charge in [0.15, 0.2) is 11.5 Å². The Labute approximate surface area is 162 Å². The summed E-state index contributed by atoms with van der Waals surface area (Å²) in [6.45, 7) is 5.99. The van der Waals surface area contributed by atoms with Gasteiger partial charge in [-0.05, 0) is 44.0 Å². The monoisotopic (exact) mass is 372 g/mol. The molecule has 0 unspecified atom stereocenters. The number of benzene rings is 2. The van der Waals surface area contributed by atoms with Crippen LogP contribution < -0.4 is 10.9 Å². The molecule has 140 valence electrons. The van der Waals surface area contributed by atoms with E-state index in [1.54, 1.807) is 16.9 Å². The lowest BCUT2D eigenvalue weighted by Crippen LogP contribution is -2.30. The van der Waals surface area contributed by atoms with Crippen LogP contribution in [0.4, 0.5) is 5.82 Å². The van der Waals surface area contributed by atoms with E-state index in [9.17, 15) is 4.79 Å². The van der Waals surface area contributed by atoms with Crippen LogP contribution in [0.25, 0.3) is 16.7 Å². The summed E-state index contributed by atoms with van der Waals surface area (Å²) >= 11 is 0. The van der Waals surface area contributed by atoms with E-state index in [1.165, 1.54) is 11.9 Å². The minimum atomic E-state index is -0.230. The standard InChI is InChI=1S/C21H20N6O/c1-13-8-9-18(15(3)10-13)27-20-17(11-24-27)19(22-12-23-20)25-26-21(28)16-7-5-4-6-14(16)2/h4-12H,1-3H3,(H,26,28)(H,22,23,25). The topological polar surface area (TPSA) is 84.7 Å². The molecule has 0 radical (unpaired) electrons. The molecule has 2 aromatic carbocycles. The molecule has 0 atom stereocenters. The molecule has 2 aromatic heterocycles. The molecular weight excluding hydrogens is 352 g/mol. The van der Waals surface area contributed by atoms with E-state index in [1.807, 2.05) is 44.2 Å². The van der Waals surface area contributed by atoms with E-state index in [0.717, 1.165) is 16.8 Å². The van der Waals surface area contributed by atoms with Crippen LogP contribution in [0.2, 0.25) is 0 Å². The van der Waals surface area contributed by atoms with Crippen molar-refractivity contribution in [2.75, 3.05) is 5.43 Å². The molecule has 1 amide bonds. The second kappa shape index (κ2) is 7.11. The number of nitrogens with one attached hydrogen (secondary N) is 2. The van der Waals surface area contributed by atoms with Gasteiger partial charge >= 0.3 is 0 Å². The highest BCUT2D eigenvalue weighted by Gasteiger charge is 2.14. The number of aromatic nitrogens is 4. The molecule has 0 aliphatic heterocycles. The summed E-state index contributed by atoms with van der Waals surface area (Å²) in [6.07, 6.45) is 3.14. The second-order valence-electron chi connectivity index (χ2n) is 6.70. The Balaban J connectivity index is 1.64. The number of carbonyl (C=O) groups is 1. The van der Waals surface area contributed by atoms with Gasteiger partial charge in [-0.1, -0.05) is 35.9 Å². The number of amides is 1. The van der Waals surface area contributed by atoms with E-state index in [-0.39, 0.29) is 5.91 Å². The number of hydrazine groups is 1. The Morgan fingerprint density at radius 1 is 1.00 bits per heavy atom. The smallest absolute Gasteiger partial charge is 0.269 e. The highest BCUT2D eigenvalue weighted by molar-refractivity contribution is 5.97. The summed E-state index contributed by atoms with van der Waals surface area (Å²) in [6, 6.07) is 13.6. The van der Waals surface area contributed by atoms with Gasteiger partial charge in [-0.15, -0.1) is 0 Å². The zero-order valence-electron chi connectivity index (χ0n) is 15.9. The predicted molar refractivity (Wildman–Crippen MR) is 108 cm³/mol. The number of carbonyl (C=O) groups excluding carboxylic acids is 1. The number of fused-ring (bicyclic) bond motifs is 1. The molecule has 7 heteroatoms. The normalized spacial score (nSPS) is 10.8. The van der Waals surface area contributed by atoms with Crippen LogP contribution in [0.1, 0.15) is 27.0 Å². The Morgan fingerprint density at radius 3 is 2.61 bits per heavy atom. The summed E-state index contributed by atoms with van der Waals surface area (Å²) < 4.78 is 1.78. The quantitative estimate of drug-likeness (QED) is 0.536. The molecule has 4 aromatic rings. The van der Waals surface area contributed by atoms with Gasteiger partial charge in [0, 0.05) is 5.56 Å². The highest BCUT2D eigenvalue weighted by atomic mass is 16.2. The van der Waals surface area contributed by atoms with Gasteiger partial charge in [-0.3, -0.25) is 15.6 Å². The first-order chi connectivity index (χ1) is 13.5. The van der Waals surface area contributed by atoms with Crippen molar-refractivity contribution in [3.05, 3.63) is 77.2 Å². The Bertz CT molecular complexity index is 1180. The third-order valence-corrected chi connectivity index (χ3v) is 4.63. The summed E-state index contributed by atoms with van der Waals surface area (Å²) in [4.78, 5) is 21.1. The maximum atomic E-state index is 12.4. The first kappa shape index (κ1) is 17.7. The van der Waals surface area contributed by atoms with Crippen molar-refractivity contribution >= 4 is 22.8 Å². The van der Waals surface area contributed by atoms with Crippen molar-refractivity contribution in [3.8, 4) is 5.69 Å². The molecule has 4 rings (SSSR count). The molecule has 7 nitrogen and oxygen atoms in total. The minimum Gasteiger partial charge on any atom is -0.281 e. The van der Waals surface area contributed by atoms with Crippen LogP contribution in [0, 0.1) is 20.8 Å². The summed E-state index contributed by atoms with van der Waals surface area (Å²) in [5.41, 5.74) is 11.0. The third kappa shape index (κ3) is 3.18. The van der Waals surface area contributed by atoms with Crippen LogP contribution in [0.5, 0.6) is 0 Å². The molecular formula is C21H20N6O. The zero-order valence-corrected chi connectivity index (χ0v) is 15.9. The van der Waals surface area contributed by atoms with Gasteiger partial charge in [0.05, 0.1) is 17.3 Å². The molecule has 0 fully saturated rings. The van der Waals surface area contributed by atoms with Crippen molar-refractivity contribution in [1.29, 1.82) is 0 Å².